The number of thioether (sulfide) groups is 2. The molecular formula is C13H20N2O2S3. The zero-order valence-electron chi connectivity index (χ0n) is 11.3. The molecule has 1 fully saturated rings. The van der Waals surface area contributed by atoms with E-state index in [1.807, 2.05) is 36.0 Å². The molecule has 0 unspecified atom stereocenters. The van der Waals surface area contributed by atoms with Crippen molar-refractivity contribution in [2.75, 3.05) is 41.8 Å². The average molecular weight is 333 g/mol. The van der Waals surface area contributed by atoms with Crippen molar-refractivity contribution in [2.45, 2.75) is 11.3 Å². The van der Waals surface area contributed by atoms with Crippen LogP contribution in [0, 0.1) is 0 Å². The molecule has 1 saturated heterocycles. The topological polar surface area (TPSA) is 63.4 Å². The molecule has 4 nitrogen and oxygen atoms in total. The Morgan fingerprint density at radius 3 is 2.95 bits per heavy atom. The molecule has 0 atom stereocenters. The van der Waals surface area contributed by atoms with Crippen LogP contribution in [0.15, 0.2) is 29.2 Å². The summed E-state index contributed by atoms with van der Waals surface area (Å²) < 4.78 is 26.2. The second-order valence-electron chi connectivity index (χ2n) is 4.60. The first-order chi connectivity index (χ1) is 9.58. The molecular weight excluding hydrogens is 312 g/mol. The lowest BCUT2D eigenvalue weighted by Crippen LogP contribution is -2.35. The molecule has 112 valence electrons. The number of hydrogen-bond acceptors (Lipinski definition) is 5. The van der Waals surface area contributed by atoms with Crippen LogP contribution < -0.4 is 5.73 Å². The van der Waals surface area contributed by atoms with E-state index in [1.165, 1.54) is 11.8 Å². The van der Waals surface area contributed by atoms with Crippen LogP contribution in [0.4, 0.5) is 5.69 Å². The molecule has 1 aliphatic heterocycles. The Morgan fingerprint density at radius 2 is 2.15 bits per heavy atom. The summed E-state index contributed by atoms with van der Waals surface area (Å²) in [5, 5.41) is 0. The number of nitrogen functional groups attached to an aromatic ring is 1. The molecule has 0 aromatic heterocycles. The van der Waals surface area contributed by atoms with Crippen molar-refractivity contribution in [3.8, 4) is 0 Å². The van der Waals surface area contributed by atoms with Gasteiger partial charge in [0.05, 0.1) is 5.75 Å². The van der Waals surface area contributed by atoms with E-state index in [9.17, 15) is 8.42 Å². The molecule has 2 N–H and O–H groups in total. The molecule has 0 saturated carbocycles. The van der Waals surface area contributed by atoms with Gasteiger partial charge in [0, 0.05) is 35.2 Å². The van der Waals surface area contributed by atoms with Crippen molar-refractivity contribution in [1.29, 1.82) is 0 Å². The third kappa shape index (κ3) is 4.87. The highest BCUT2D eigenvalue weighted by atomic mass is 32.2. The quantitative estimate of drug-likeness (QED) is 0.661. The van der Waals surface area contributed by atoms with Gasteiger partial charge >= 0.3 is 0 Å². The fourth-order valence-electron chi connectivity index (χ4n) is 2.00. The number of sulfonamides is 1. The lowest BCUT2D eigenvalue weighted by molar-refractivity contribution is 0.436. The second-order valence-corrected chi connectivity index (χ2v) is 9.08. The molecule has 1 aromatic carbocycles. The van der Waals surface area contributed by atoms with Gasteiger partial charge in [0.15, 0.2) is 0 Å². The number of rotatable bonds is 5. The predicted octanol–water partition coefficient (Wildman–Crippen LogP) is 2.13. The van der Waals surface area contributed by atoms with Gasteiger partial charge in [-0.15, -0.1) is 11.8 Å². The summed E-state index contributed by atoms with van der Waals surface area (Å²) in [6.07, 6.45) is 0.951. The Hall–Kier alpha value is -0.370. The van der Waals surface area contributed by atoms with Gasteiger partial charge in [-0.1, -0.05) is 6.07 Å². The number of benzene rings is 1. The second kappa shape index (κ2) is 7.59. The molecule has 1 heterocycles. The van der Waals surface area contributed by atoms with Crippen LogP contribution in [-0.2, 0) is 10.0 Å². The Morgan fingerprint density at radius 1 is 1.30 bits per heavy atom. The van der Waals surface area contributed by atoms with Crippen LogP contribution in [0.5, 0.6) is 0 Å². The summed E-state index contributed by atoms with van der Waals surface area (Å²) in [6.45, 7) is 1.31. The first kappa shape index (κ1) is 16.0. The molecule has 7 heteroatoms. The van der Waals surface area contributed by atoms with Gasteiger partial charge in [-0.2, -0.15) is 11.8 Å². The summed E-state index contributed by atoms with van der Waals surface area (Å²) in [6, 6.07) is 7.55. The molecule has 0 radical (unpaired) electrons. The standard InChI is InChI=1S/C13H20N2O2S3/c14-12-3-1-4-13(11-12)19-9-10-20(16,17)15-5-2-7-18-8-6-15/h1,3-4,11H,2,5-10,14H2. The molecule has 0 bridgehead atoms. The van der Waals surface area contributed by atoms with E-state index in [0.29, 0.717) is 24.5 Å². The minimum atomic E-state index is -3.12. The van der Waals surface area contributed by atoms with E-state index in [-0.39, 0.29) is 5.75 Å². The molecule has 1 aliphatic rings. The van der Waals surface area contributed by atoms with Crippen molar-refractivity contribution in [1.82, 2.24) is 4.31 Å². The average Bonchev–Trinajstić information content (AvgIpc) is 2.68. The third-order valence-electron chi connectivity index (χ3n) is 3.04. The molecule has 20 heavy (non-hydrogen) atoms. The molecule has 0 spiro atoms. The SMILES string of the molecule is Nc1cccc(SCCS(=O)(=O)N2CCCSCC2)c1. The fraction of sp³-hybridized carbons (Fsp3) is 0.538. The minimum absolute atomic E-state index is 0.192. The Balaban J connectivity index is 1.85. The van der Waals surface area contributed by atoms with Crippen LogP contribution in [0.25, 0.3) is 0 Å². The van der Waals surface area contributed by atoms with Crippen molar-refractivity contribution < 1.29 is 8.42 Å². The Kier molecular flexibility index (Phi) is 6.07. The highest BCUT2D eigenvalue weighted by Crippen LogP contribution is 2.21. The number of nitrogens with two attached hydrogens (primary N) is 1. The van der Waals surface area contributed by atoms with E-state index >= 15 is 0 Å². The largest absolute Gasteiger partial charge is 0.399 e. The van der Waals surface area contributed by atoms with Crippen LogP contribution in [-0.4, -0.2) is 48.8 Å². The predicted molar refractivity (Wildman–Crippen MR) is 88.9 cm³/mol. The summed E-state index contributed by atoms with van der Waals surface area (Å²) in [5.74, 6) is 2.72. The maximum Gasteiger partial charge on any atom is 0.214 e. The third-order valence-corrected chi connectivity index (χ3v) is 7.22. The van der Waals surface area contributed by atoms with Crippen molar-refractivity contribution in [3.63, 3.8) is 0 Å². The van der Waals surface area contributed by atoms with E-state index in [1.54, 1.807) is 4.31 Å². The van der Waals surface area contributed by atoms with Crippen LogP contribution in [0.2, 0.25) is 0 Å². The van der Waals surface area contributed by atoms with Crippen molar-refractivity contribution >= 4 is 39.2 Å². The monoisotopic (exact) mass is 332 g/mol. The van der Waals surface area contributed by atoms with Gasteiger partial charge in [0.2, 0.25) is 10.0 Å². The van der Waals surface area contributed by atoms with E-state index in [0.717, 1.165) is 22.8 Å². The summed E-state index contributed by atoms with van der Waals surface area (Å²) in [5.41, 5.74) is 6.42. The first-order valence-electron chi connectivity index (χ1n) is 6.62. The number of nitrogens with zero attached hydrogens (tertiary/aromatic N) is 1. The highest BCUT2D eigenvalue weighted by Gasteiger charge is 2.22. The van der Waals surface area contributed by atoms with Gasteiger partial charge < -0.3 is 5.73 Å². The summed E-state index contributed by atoms with van der Waals surface area (Å²) >= 11 is 3.37. The number of anilines is 1. The van der Waals surface area contributed by atoms with Gasteiger partial charge in [0.1, 0.15) is 0 Å². The summed E-state index contributed by atoms with van der Waals surface area (Å²) in [7, 11) is -3.12. The zero-order valence-corrected chi connectivity index (χ0v) is 13.8. The van der Waals surface area contributed by atoms with Gasteiger partial charge in [-0.05, 0) is 30.4 Å². The Labute approximate surface area is 129 Å². The first-order valence-corrected chi connectivity index (χ1v) is 10.4. The smallest absolute Gasteiger partial charge is 0.214 e. The lowest BCUT2D eigenvalue weighted by Gasteiger charge is -2.19. The number of hydrogen-bond donors (Lipinski definition) is 1. The van der Waals surface area contributed by atoms with Crippen LogP contribution in [0.3, 0.4) is 0 Å². The van der Waals surface area contributed by atoms with Crippen LogP contribution >= 0.6 is 23.5 Å². The van der Waals surface area contributed by atoms with Crippen LogP contribution in [0.1, 0.15) is 6.42 Å². The van der Waals surface area contributed by atoms with Crippen molar-refractivity contribution in [2.24, 2.45) is 0 Å². The zero-order chi connectivity index (χ0) is 14.4. The molecule has 0 amide bonds. The molecule has 0 aliphatic carbocycles. The van der Waals surface area contributed by atoms with E-state index in [2.05, 4.69) is 0 Å². The minimum Gasteiger partial charge on any atom is -0.399 e. The summed E-state index contributed by atoms with van der Waals surface area (Å²) in [4.78, 5) is 1.02. The maximum absolute atomic E-state index is 12.3. The fourth-order valence-corrected chi connectivity index (χ4v) is 5.84. The Bertz CT molecular complexity index is 526. The molecule has 2 rings (SSSR count). The van der Waals surface area contributed by atoms with E-state index < -0.39 is 10.0 Å². The van der Waals surface area contributed by atoms with Gasteiger partial charge in [0.25, 0.3) is 0 Å². The normalized spacial score (nSPS) is 17.8. The van der Waals surface area contributed by atoms with E-state index in [4.69, 9.17) is 5.73 Å². The lowest BCUT2D eigenvalue weighted by atomic mass is 10.3. The maximum atomic E-state index is 12.3. The highest BCUT2D eigenvalue weighted by molar-refractivity contribution is 8.00. The van der Waals surface area contributed by atoms with Gasteiger partial charge in [-0.3, -0.25) is 0 Å². The molecule has 1 aromatic rings. The van der Waals surface area contributed by atoms with Crippen molar-refractivity contribution in [3.05, 3.63) is 24.3 Å². The van der Waals surface area contributed by atoms with Gasteiger partial charge in [-0.25, -0.2) is 12.7 Å².